The van der Waals surface area contributed by atoms with Crippen LogP contribution in [-0.2, 0) is 6.54 Å². The van der Waals surface area contributed by atoms with Crippen molar-refractivity contribution in [1.82, 2.24) is 10.6 Å². The van der Waals surface area contributed by atoms with Crippen molar-refractivity contribution in [3.63, 3.8) is 0 Å². The molecule has 3 nitrogen and oxygen atoms in total. The molecule has 1 aromatic rings. The highest BCUT2D eigenvalue weighted by atomic mass is 16.2. The van der Waals surface area contributed by atoms with E-state index in [1.165, 1.54) is 19.3 Å². The molecule has 0 aliphatic heterocycles. The van der Waals surface area contributed by atoms with Crippen LogP contribution in [0.3, 0.4) is 0 Å². The number of nitrogens with one attached hydrogen (secondary N) is 2. The number of hydrogen-bond donors (Lipinski definition) is 2. The van der Waals surface area contributed by atoms with Crippen molar-refractivity contribution in [3.05, 3.63) is 35.9 Å². The van der Waals surface area contributed by atoms with E-state index in [2.05, 4.69) is 24.5 Å². The molecule has 1 unspecified atom stereocenters. The summed E-state index contributed by atoms with van der Waals surface area (Å²) < 4.78 is 0. The molecule has 106 valence electrons. The molecule has 0 aromatic heterocycles. The Hall–Kier alpha value is -1.51. The minimum atomic E-state index is -0.0628. The molecule has 3 heteroatoms. The van der Waals surface area contributed by atoms with E-state index in [1.807, 2.05) is 30.3 Å². The largest absolute Gasteiger partial charge is 0.335 e. The normalized spacial score (nSPS) is 11.9. The van der Waals surface area contributed by atoms with E-state index in [9.17, 15) is 4.79 Å². The summed E-state index contributed by atoms with van der Waals surface area (Å²) >= 11 is 0. The predicted molar refractivity (Wildman–Crippen MR) is 80.0 cm³/mol. The Morgan fingerprint density at radius 2 is 1.89 bits per heavy atom. The second kappa shape index (κ2) is 9.42. The van der Waals surface area contributed by atoms with E-state index >= 15 is 0 Å². The second-order valence-corrected chi connectivity index (χ2v) is 4.91. The Bertz CT molecular complexity index is 351. The standard InChI is InChI=1S/C16H26N2O/c1-3-5-7-12-15(4-2)18-16(19)17-13-14-10-8-6-9-11-14/h6,8-11,15H,3-5,7,12-13H2,1-2H3,(H2,17,18,19). The van der Waals surface area contributed by atoms with Crippen LogP contribution in [0.5, 0.6) is 0 Å². The van der Waals surface area contributed by atoms with Gasteiger partial charge in [0.25, 0.3) is 0 Å². The number of amides is 2. The highest BCUT2D eigenvalue weighted by Crippen LogP contribution is 2.06. The van der Waals surface area contributed by atoms with Crippen molar-refractivity contribution in [2.75, 3.05) is 0 Å². The van der Waals surface area contributed by atoms with E-state index in [1.54, 1.807) is 0 Å². The molecule has 19 heavy (non-hydrogen) atoms. The topological polar surface area (TPSA) is 41.1 Å². The number of unbranched alkanes of at least 4 members (excludes halogenated alkanes) is 2. The maximum Gasteiger partial charge on any atom is 0.315 e. The number of rotatable bonds is 8. The summed E-state index contributed by atoms with van der Waals surface area (Å²) in [5, 5.41) is 5.95. The highest BCUT2D eigenvalue weighted by molar-refractivity contribution is 5.74. The summed E-state index contributed by atoms with van der Waals surface area (Å²) in [7, 11) is 0. The molecule has 0 spiro atoms. The van der Waals surface area contributed by atoms with Gasteiger partial charge in [-0.3, -0.25) is 0 Å². The van der Waals surface area contributed by atoms with Crippen LogP contribution in [0.4, 0.5) is 4.79 Å². The third-order valence-electron chi connectivity index (χ3n) is 3.28. The summed E-state index contributed by atoms with van der Waals surface area (Å²) in [5.41, 5.74) is 1.12. The van der Waals surface area contributed by atoms with Crippen molar-refractivity contribution in [1.29, 1.82) is 0 Å². The van der Waals surface area contributed by atoms with Gasteiger partial charge in [0, 0.05) is 12.6 Å². The minimum Gasteiger partial charge on any atom is -0.335 e. The number of carbonyl (C=O) groups is 1. The fourth-order valence-electron chi connectivity index (χ4n) is 2.03. The first-order chi connectivity index (χ1) is 9.26. The van der Waals surface area contributed by atoms with Crippen LogP contribution in [0, 0.1) is 0 Å². The predicted octanol–water partition coefficient (Wildman–Crippen LogP) is 3.84. The van der Waals surface area contributed by atoms with Gasteiger partial charge < -0.3 is 10.6 Å². The lowest BCUT2D eigenvalue weighted by atomic mass is 10.1. The van der Waals surface area contributed by atoms with Gasteiger partial charge in [-0.1, -0.05) is 63.4 Å². The van der Waals surface area contributed by atoms with E-state index in [-0.39, 0.29) is 6.03 Å². The van der Waals surface area contributed by atoms with E-state index < -0.39 is 0 Å². The Kier molecular flexibility index (Phi) is 7.71. The fraction of sp³-hybridized carbons (Fsp3) is 0.562. The lowest BCUT2D eigenvalue weighted by molar-refractivity contribution is 0.235. The van der Waals surface area contributed by atoms with Crippen LogP contribution in [0.2, 0.25) is 0 Å². The van der Waals surface area contributed by atoms with Crippen molar-refractivity contribution in [3.8, 4) is 0 Å². The first-order valence-electron chi connectivity index (χ1n) is 7.34. The number of hydrogen-bond acceptors (Lipinski definition) is 1. The Morgan fingerprint density at radius 1 is 1.16 bits per heavy atom. The van der Waals surface area contributed by atoms with Gasteiger partial charge in [-0.05, 0) is 18.4 Å². The molecular formula is C16H26N2O. The van der Waals surface area contributed by atoms with Crippen LogP contribution < -0.4 is 10.6 Å². The van der Waals surface area contributed by atoms with Crippen LogP contribution in [0.1, 0.15) is 51.5 Å². The molecule has 0 aliphatic carbocycles. The summed E-state index contributed by atoms with van der Waals surface area (Å²) in [6, 6.07) is 10.2. The molecule has 0 fully saturated rings. The van der Waals surface area contributed by atoms with Gasteiger partial charge in [0.15, 0.2) is 0 Å². The molecule has 0 aliphatic rings. The van der Waals surface area contributed by atoms with Gasteiger partial charge in [-0.15, -0.1) is 0 Å². The zero-order valence-corrected chi connectivity index (χ0v) is 12.1. The molecule has 2 amide bonds. The minimum absolute atomic E-state index is 0.0628. The third kappa shape index (κ3) is 6.85. The molecule has 0 heterocycles. The van der Waals surface area contributed by atoms with Gasteiger partial charge in [0.05, 0.1) is 0 Å². The van der Waals surface area contributed by atoms with Gasteiger partial charge in [0.1, 0.15) is 0 Å². The molecule has 0 saturated heterocycles. The van der Waals surface area contributed by atoms with Gasteiger partial charge in [-0.25, -0.2) is 4.79 Å². The average Bonchev–Trinajstić information content (AvgIpc) is 2.45. The SMILES string of the molecule is CCCCCC(CC)NC(=O)NCc1ccccc1. The lowest BCUT2D eigenvalue weighted by Crippen LogP contribution is -2.41. The molecule has 0 saturated carbocycles. The first-order valence-corrected chi connectivity index (χ1v) is 7.34. The maximum atomic E-state index is 11.8. The zero-order chi connectivity index (χ0) is 13.9. The quantitative estimate of drug-likeness (QED) is 0.687. The third-order valence-corrected chi connectivity index (χ3v) is 3.28. The molecule has 1 atom stereocenters. The lowest BCUT2D eigenvalue weighted by Gasteiger charge is -2.17. The first kappa shape index (κ1) is 15.5. The van der Waals surface area contributed by atoms with E-state index in [0.29, 0.717) is 12.6 Å². The summed E-state index contributed by atoms with van der Waals surface area (Å²) in [5.74, 6) is 0. The number of carbonyl (C=O) groups excluding carboxylic acids is 1. The monoisotopic (exact) mass is 262 g/mol. The molecule has 0 bridgehead atoms. The molecule has 0 radical (unpaired) electrons. The van der Waals surface area contributed by atoms with Crippen molar-refractivity contribution >= 4 is 6.03 Å². The van der Waals surface area contributed by atoms with Crippen LogP contribution in [0.25, 0.3) is 0 Å². The van der Waals surface area contributed by atoms with Crippen LogP contribution >= 0.6 is 0 Å². The van der Waals surface area contributed by atoms with Gasteiger partial charge in [0.2, 0.25) is 0 Å². The Balaban J connectivity index is 2.25. The fourth-order valence-corrected chi connectivity index (χ4v) is 2.03. The maximum absolute atomic E-state index is 11.8. The van der Waals surface area contributed by atoms with Crippen LogP contribution in [0.15, 0.2) is 30.3 Å². The molecular weight excluding hydrogens is 236 g/mol. The molecule has 1 rings (SSSR count). The van der Waals surface area contributed by atoms with E-state index in [4.69, 9.17) is 0 Å². The average molecular weight is 262 g/mol. The smallest absolute Gasteiger partial charge is 0.315 e. The van der Waals surface area contributed by atoms with E-state index in [0.717, 1.165) is 18.4 Å². The van der Waals surface area contributed by atoms with Crippen LogP contribution in [-0.4, -0.2) is 12.1 Å². The molecule has 1 aromatic carbocycles. The van der Waals surface area contributed by atoms with Gasteiger partial charge >= 0.3 is 6.03 Å². The number of urea groups is 1. The van der Waals surface area contributed by atoms with Crippen molar-refractivity contribution < 1.29 is 4.79 Å². The summed E-state index contributed by atoms with van der Waals surface area (Å²) in [4.78, 5) is 11.8. The Morgan fingerprint density at radius 3 is 2.53 bits per heavy atom. The Labute approximate surface area is 116 Å². The molecule has 2 N–H and O–H groups in total. The highest BCUT2D eigenvalue weighted by Gasteiger charge is 2.09. The zero-order valence-electron chi connectivity index (χ0n) is 12.1. The van der Waals surface area contributed by atoms with Crippen molar-refractivity contribution in [2.24, 2.45) is 0 Å². The summed E-state index contributed by atoms with van der Waals surface area (Å²) in [6.07, 6.45) is 5.71. The van der Waals surface area contributed by atoms with Gasteiger partial charge in [-0.2, -0.15) is 0 Å². The summed E-state index contributed by atoms with van der Waals surface area (Å²) in [6.45, 7) is 4.90. The second-order valence-electron chi connectivity index (χ2n) is 4.91. The number of benzene rings is 1. The van der Waals surface area contributed by atoms with Crippen molar-refractivity contribution in [2.45, 2.75) is 58.5 Å².